The van der Waals surface area contributed by atoms with Crippen LogP contribution in [0.2, 0.25) is 0 Å². The Bertz CT molecular complexity index is 828. The van der Waals surface area contributed by atoms with Crippen LogP contribution in [0.15, 0.2) is 18.5 Å². The van der Waals surface area contributed by atoms with E-state index in [0.717, 1.165) is 6.33 Å². The number of aliphatic carboxylic acids is 1. The van der Waals surface area contributed by atoms with Crippen molar-refractivity contribution < 1.29 is 32.2 Å². The zero-order valence-corrected chi connectivity index (χ0v) is 12.9. The summed E-state index contributed by atoms with van der Waals surface area (Å²) in [6.45, 7) is -0.945. The van der Waals surface area contributed by atoms with E-state index in [9.17, 15) is 22.4 Å². The second-order valence-corrected chi connectivity index (χ2v) is 5.67. The third-order valence-electron chi connectivity index (χ3n) is 4.27. The van der Waals surface area contributed by atoms with Gasteiger partial charge < -0.3 is 14.7 Å². The molecule has 0 spiro atoms. The maximum atomic E-state index is 14.3. The molecule has 1 fully saturated rings. The van der Waals surface area contributed by atoms with Gasteiger partial charge >= 0.3 is 12.1 Å². The molecule has 1 aliphatic rings. The highest BCUT2D eigenvalue weighted by Crippen LogP contribution is 2.40. The second-order valence-electron chi connectivity index (χ2n) is 5.67. The summed E-state index contributed by atoms with van der Waals surface area (Å²) in [6, 6.07) is 2.75. The summed E-state index contributed by atoms with van der Waals surface area (Å²) in [5.41, 5.74) is -0.105. The standard InChI is InChI=1S/C15H13F4N3O3/c1-25-10-3-2-7-12(11(10)16)20-6-21-13(7)22-4-8(14(23)24)9(5-22)15(17,18)19/h2-3,6,8-9H,4-5H2,1H3,(H,23,24)/t8-,9-/m1/s1. The average Bonchev–Trinajstić information content (AvgIpc) is 3.00. The van der Waals surface area contributed by atoms with Gasteiger partial charge in [-0.3, -0.25) is 4.79 Å². The zero-order valence-electron chi connectivity index (χ0n) is 12.9. The van der Waals surface area contributed by atoms with E-state index < -0.39 is 36.3 Å². The molecular weight excluding hydrogens is 346 g/mol. The van der Waals surface area contributed by atoms with E-state index in [0.29, 0.717) is 0 Å². The fraction of sp³-hybridized carbons (Fsp3) is 0.400. The summed E-state index contributed by atoms with van der Waals surface area (Å²) < 4.78 is 58.6. The van der Waals surface area contributed by atoms with E-state index in [-0.39, 0.29) is 29.0 Å². The smallest absolute Gasteiger partial charge is 0.394 e. The fourth-order valence-electron chi connectivity index (χ4n) is 3.03. The number of carbonyl (C=O) groups is 1. The molecule has 1 aliphatic heterocycles. The Morgan fingerprint density at radius 3 is 2.60 bits per heavy atom. The number of halogens is 4. The third-order valence-corrected chi connectivity index (χ3v) is 4.27. The number of benzene rings is 1. The minimum absolute atomic E-state index is 0.0598. The lowest BCUT2D eigenvalue weighted by atomic mass is 9.96. The molecule has 1 aromatic carbocycles. The Morgan fingerprint density at radius 1 is 1.32 bits per heavy atom. The van der Waals surface area contributed by atoms with Crippen LogP contribution in [0.1, 0.15) is 0 Å². The normalized spacial score (nSPS) is 20.9. The number of hydrogen-bond donors (Lipinski definition) is 1. The molecule has 134 valence electrons. The molecule has 25 heavy (non-hydrogen) atoms. The topological polar surface area (TPSA) is 75.5 Å². The second kappa shape index (κ2) is 6.01. The first kappa shape index (κ1) is 17.2. The van der Waals surface area contributed by atoms with Crippen molar-refractivity contribution in [3.05, 3.63) is 24.3 Å². The zero-order chi connectivity index (χ0) is 18.4. The number of alkyl halides is 3. The molecule has 0 unspecified atom stereocenters. The van der Waals surface area contributed by atoms with Crippen molar-refractivity contribution in [2.45, 2.75) is 6.18 Å². The summed E-state index contributed by atoms with van der Waals surface area (Å²) in [5.74, 6) is -5.94. The van der Waals surface area contributed by atoms with Crippen LogP contribution in [0.5, 0.6) is 5.75 Å². The van der Waals surface area contributed by atoms with Crippen LogP contribution in [-0.2, 0) is 4.79 Å². The Kier molecular flexibility index (Phi) is 4.13. The highest BCUT2D eigenvalue weighted by Gasteiger charge is 2.53. The summed E-state index contributed by atoms with van der Waals surface area (Å²) in [6.07, 6.45) is -3.63. The van der Waals surface area contributed by atoms with Gasteiger partial charge in [0.1, 0.15) is 17.7 Å². The van der Waals surface area contributed by atoms with Gasteiger partial charge in [0.25, 0.3) is 0 Å². The monoisotopic (exact) mass is 359 g/mol. The SMILES string of the molecule is COc1ccc2c(N3C[C@@H](C(F)(F)F)[C@H](C(=O)O)C3)ncnc2c1F. The summed E-state index contributed by atoms with van der Waals surface area (Å²) in [7, 11) is 1.28. The number of methoxy groups -OCH3 is 1. The van der Waals surface area contributed by atoms with Crippen molar-refractivity contribution in [1.82, 2.24) is 9.97 Å². The number of fused-ring (bicyclic) bond motifs is 1. The number of nitrogens with zero attached hydrogens (tertiary/aromatic N) is 3. The third kappa shape index (κ3) is 2.92. The van der Waals surface area contributed by atoms with Crippen LogP contribution in [0.3, 0.4) is 0 Å². The molecule has 2 aromatic rings. The largest absolute Gasteiger partial charge is 0.494 e. The van der Waals surface area contributed by atoms with Crippen molar-refractivity contribution in [2.75, 3.05) is 25.1 Å². The van der Waals surface area contributed by atoms with E-state index in [1.165, 1.54) is 24.1 Å². The first-order chi connectivity index (χ1) is 11.7. The average molecular weight is 359 g/mol. The number of ether oxygens (including phenoxy) is 1. The summed E-state index contributed by atoms with van der Waals surface area (Å²) in [4.78, 5) is 20.2. The predicted octanol–water partition coefficient (Wildman–Crippen LogP) is 2.48. The van der Waals surface area contributed by atoms with E-state index in [2.05, 4.69) is 9.97 Å². The van der Waals surface area contributed by atoms with Crippen LogP contribution >= 0.6 is 0 Å². The molecule has 0 amide bonds. The lowest BCUT2D eigenvalue weighted by molar-refractivity contribution is -0.187. The molecule has 3 rings (SSSR count). The first-order valence-electron chi connectivity index (χ1n) is 7.25. The van der Waals surface area contributed by atoms with Crippen molar-refractivity contribution >= 4 is 22.7 Å². The molecule has 0 saturated carbocycles. The molecule has 6 nitrogen and oxygen atoms in total. The van der Waals surface area contributed by atoms with Gasteiger partial charge in [-0.05, 0) is 12.1 Å². The van der Waals surface area contributed by atoms with Gasteiger partial charge in [-0.2, -0.15) is 13.2 Å². The van der Waals surface area contributed by atoms with Gasteiger partial charge in [0.05, 0.1) is 18.9 Å². The minimum atomic E-state index is -4.66. The highest BCUT2D eigenvalue weighted by molar-refractivity contribution is 5.91. The van der Waals surface area contributed by atoms with Crippen molar-refractivity contribution in [3.63, 3.8) is 0 Å². The van der Waals surface area contributed by atoms with Gasteiger partial charge in [-0.1, -0.05) is 0 Å². The fourth-order valence-corrected chi connectivity index (χ4v) is 3.03. The Labute approximate surface area is 139 Å². The van der Waals surface area contributed by atoms with Crippen LogP contribution in [0, 0.1) is 17.7 Å². The van der Waals surface area contributed by atoms with E-state index in [4.69, 9.17) is 9.84 Å². The minimum Gasteiger partial charge on any atom is -0.494 e. The van der Waals surface area contributed by atoms with Gasteiger partial charge in [0.2, 0.25) is 0 Å². The van der Waals surface area contributed by atoms with Crippen molar-refractivity contribution in [1.29, 1.82) is 0 Å². The molecule has 2 heterocycles. The number of carboxylic acids is 1. The van der Waals surface area contributed by atoms with E-state index in [1.807, 2.05) is 0 Å². The molecule has 2 atom stereocenters. The number of hydrogen-bond acceptors (Lipinski definition) is 5. The van der Waals surface area contributed by atoms with Gasteiger partial charge in [0, 0.05) is 18.5 Å². The van der Waals surface area contributed by atoms with Gasteiger partial charge in [-0.25, -0.2) is 14.4 Å². The number of carboxylic acid groups (broad SMARTS) is 1. The molecule has 1 N–H and O–H groups in total. The van der Waals surface area contributed by atoms with Gasteiger partial charge in [0.15, 0.2) is 11.6 Å². The Morgan fingerprint density at radius 2 is 2.04 bits per heavy atom. The Hall–Kier alpha value is -2.65. The quantitative estimate of drug-likeness (QED) is 0.849. The van der Waals surface area contributed by atoms with Crippen LogP contribution in [0.25, 0.3) is 10.9 Å². The molecule has 1 aromatic heterocycles. The molecule has 0 radical (unpaired) electrons. The summed E-state index contributed by atoms with van der Waals surface area (Å²) in [5, 5.41) is 9.29. The van der Waals surface area contributed by atoms with Crippen LogP contribution in [0.4, 0.5) is 23.4 Å². The van der Waals surface area contributed by atoms with Crippen molar-refractivity contribution in [2.24, 2.45) is 11.8 Å². The summed E-state index contributed by atoms with van der Waals surface area (Å²) >= 11 is 0. The van der Waals surface area contributed by atoms with E-state index in [1.54, 1.807) is 0 Å². The Balaban J connectivity index is 2.05. The van der Waals surface area contributed by atoms with E-state index >= 15 is 0 Å². The van der Waals surface area contributed by atoms with Crippen molar-refractivity contribution in [3.8, 4) is 5.75 Å². The number of anilines is 1. The predicted molar refractivity (Wildman–Crippen MR) is 78.9 cm³/mol. The lowest BCUT2D eigenvalue weighted by Gasteiger charge is -2.20. The maximum absolute atomic E-state index is 14.3. The molecule has 1 saturated heterocycles. The first-order valence-corrected chi connectivity index (χ1v) is 7.25. The number of rotatable bonds is 3. The maximum Gasteiger partial charge on any atom is 0.394 e. The molecular formula is C15H13F4N3O3. The van der Waals surface area contributed by atoms with Crippen LogP contribution < -0.4 is 9.64 Å². The molecule has 10 heteroatoms. The van der Waals surface area contributed by atoms with Crippen LogP contribution in [-0.4, -0.2) is 47.4 Å². The number of aromatic nitrogens is 2. The highest BCUT2D eigenvalue weighted by atomic mass is 19.4. The molecule has 0 bridgehead atoms. The van der Waals surface area contributed by atoms with Gasteiger partial charge in [-0.15, -0.1) is 0 Å². The molecule has 0 aliphatic carbocycles. The lowest BCUT2D eigenvalue weighted by Crippen LogP contribution is -2.33.